The topological polar surface area (TPSA) is 75.4 Å². The summed E-state index contributed by atoms with van der Waals surface area (Å²) in [7, 11) is -1.11. The first-order valence-electron chi connectivity index (χ1n) is 5.10. The lowest BCUT2D eigenvalue weighted by Gasteiger charge is -2.22. The molecular weight excluding hydrogens is 264 g/mol. The average Bonchev–Trinajstić information content (AvgIpc) is 2.27. The molecule has 0 aliphatic heterocycles. The summed E-state index contributed by atoms with van der Waals surface area (Å²) < 4.78 is 50.4. The SMILES string of the molecule is CNS(=O)(=O)c1cc(N)ccc1N(C)CC(F)F. The van der Waals surface area contributed by atoms with Gasteiger partial charge in [0.05, 0.1) is 12.2 Å². The number of rotatable bonds is 5. The molecule has 0 aromatic heterocycles. The summed E-state index contributed by atoms with van der Waals surface area (Å²) in [6.45, 7) is -0.559. The lowest BCUT2D eigenvalue weighted by atomic mass is 10.2. The monoisotopic (exact) mass is 279 g/mol. The summed E-state index contributed by atoms with van der Waals surface area (Å²) in [5, 5.41) is 0. The third-order valence-corrected chi connectivity index (χ3v) is 3.81. The van der Waals surface area contributed by atoms with Crippen molar-refractivity contribution in [2.24, 2.45) is 0 Å². The van der Waals surface area contributed by atoms with E-state index < -0.39 is 23.0 Å². The smallest absolute Gasteiger partial charge is 0.255 e. The molecule has 0 saturated carbocycles. The van der Waals surface area contributed by atoms with Crippen molar-refractivity contribution in [2.75, 3.05) is 31.3 Å². The number of nitrogens with zero attached hydrogens (tertiary/aromatic N) is 1. The Labute approximate surface area is 105 Å². The van der Waals surface area contributed by atoms with Crippen molar-refractivity contribution >= 4 is 21.4 Å². The lowest BCUT2D eigenvalue weighted by Crippen LogP contribution is -2.28. The Hall–Kier alpha value is -1.41. The average molecular weight is 279 g/mol. The van der Waals surface area contributed by atoms with Gasteiger partial charge in [-0.2, -0.15) is 0 Å². The maximum absolute atomic E-state index is 12.3. The molecule has 0 aliphatic rings. The van der Waals surface area contributed by atoms with Gasteiger partial charge < -0.3 is 10.6 Å². The van der Waals surface area contributed by atoms with Gasteiger partial charge in [0.15, 0.2) is 0 Å². The van der Waals surface area contributed by atoms with Crippen LogP contribution in [-0.2, 0) is 10.0 Å². The van der Waals surface area contributed by atoms with E-state index in [-0.39, 0.29) is 16.3 Å². The van der Waals surface area contributed by atoms with Gasteiger partial charge in [-0.05, 0) is 25.2 Å². The number of nitrogens with two attached hydrogens (primary N) is 1. The molecule has 1 aromatic carbocycles. The van der Waals surface area contributed by atoms with Gasteiger partial charge in [0.1, 0.15) is 4.90 Å². The summed E-state index contributed by atoms with van der Waals surface area (Å²) in [6, 6.07) is 4.11. The maximum atomic E-state index is 12.3. The fourth-order valence-electron chi connectivity index (χ4n) is 1.48. The predicted octanol–water partition coefficient (Wildman–Crippen LogP) is 0.878. The van der Waals surface area contributed by atoms with Gasteiger partial charge in [0.2, 0.25) is 10.0 Å². The van der Waals surface area contributed by atoms with Crippen LogP contribution in [0.1, 0.15) is 0 Å². The fraction of sp³-hybridized carbons (Fsp3) is 0.400. The predicted molar refractivity (Wildman–Crippen MR) is 66.4 cm³/mol. The molecule has 0 fully saturated rings. The van der Waals surface area contributed by atoms with Crippen molar-refractivity contribution in [2.45, 2.75) is 11.3 Å². The van der Waals surface area contributed by atoms with Gasteiger partial charge in [-0.3, -0.25) is 0 Å². The molecule has 1 aromatic rings. The summed E-state index contributed by atoms with van der Waals surface area (Å²) in [5.41, 5.74) is 5.95. The first kappa shape index (κ1) is 14.7. The zero-order valence-corrected chi connectivity index (χ0v) is 10.8. The van der Waals surface area contributed by atoms with Gasteiger partial charge in [-0.1, -0.05) is 0 Å². The summed E-state index contributed by atoms with van der Waals surface area (Å²) >= 11 is 0. The first-order chi connectivity index (χ1) is 8.27. The number of hydrogen-bond donors (Lipinski definition) is 2. The van der Waals surface area contributed by atoms with Crippen LogP contribution in [0, 0.1) is 0 Å². The second-order valence-electron chi connectivity index (χ2n) is 3.71. The number of hydrogen-bond acceptors (Lipinski definition) is 4. The van der Waals surface area contributed by atoms with E-state index in [1.807, 2.05) is 0 Å². The molecule has 0 spiro atoms. The number of sulfonamides is 1. The lowest BCUT2D eigenvalue weighted by molar-refractivity contribution is 0.156. The largest absolute Gasteiger partial charge is 0.399 e. The van der Waals surface area contributed by atoms with E-state index in [0.29, 0.717) is 0 Å². The fourth-order valence-corrected chi connectivity index (χ4v) is 2.49. The zero-order chi connectivity index (χ0) is 13.9. The zero-order valence-electron chi connectivity index (χ0n) is 10.0. The van der Waals surface area contributed by atoms with E-state index in [1.54, 1.807) is 0 Å². The Morgan fingerprint density at radius 2 is 2.06 bits per heavy atom. The highest BCUT2D eigenvalue weighted by atomic mass is 32.2. The molecule has 0 atom stereocenters. The molecule has 0 aliphatic carbocycles. The molecule has 5 nitrogen and oxygen atoms in total. The van der Waals surface area contributed by atoms with Gasteiger partial charge in [-0.25, -0.2) is 21.9 Å². The van der Waals surface area contributed by atoms with Crippen LogP contribution >= 0.6 is 0 Å². The summed E-state index contributed by atoms with van der Waals surface area (Å²) in [5.74, 6) is 0. The van der Waals surface area contributed by atoms with E-state index in [0.717, 1.165) is 0 Å². The van der Waals surface area contributed by atoms with E-state index >= 15 is 0 Å². The number of benzene rings is 1. The number of anilines is 2. The van der Waals surface area contributed by atoms with Crippen LogP contribution in [-0.4, -0.2) is 35.5 Å². The number of alkyl halides is 2. The molecule has 0 radical (unpaired) electrons. The minimum Gasteiger partial charge on any atom is -0.399 e. The Morgan fingerprint density at radius 3 is 2.56 bits per heavy atom. The van der Waals surface area contributed by atoms with Gasteiger partial charge >= 0.3 is 0 Å². The van der Waals surface area contributed by atoms with Crippen molar-refractivity contribution in [1.82, 2.24) is 4.72 Å². The van der Waals surface area contributed by atoms with Crippen molar-refractivity contribution in [3.63, 3.8) is 0 Å². The molecule has 18 heavy (non-hydrogen) atoms. The molecule has 0 unspecified atom stereocenters. The van der Waals surface area contributed by atoms with E-state index in [4.69, 9.17) is 5.73 Å². The standard InChI is InChI=1S/C10H15F2N3O2S/c1-14-18(16,17)9-5-7(13)3-4-8(9)15(2)6-10(11)12/h3-5,10,14H,6,13H2,1-2H3. The van der Waals surface area contributed by atoms with Gasteiger partial charge in [0, 0.05) is 12.7 Å². The Kier molecular flexibility index (Phi) is 4.47. The molecule has 0 saturated heterocycles. The highest BCUT2D eigenvalue weighted by molar-refractivity contribution is 7.89. The third-order valence-electron chi connectivity index (χ3n) is 2.37. The molecule has 0 heterocycles. The van der Waals surface area contributed by atoms with Crippen molar-refractivity contribution in [3.05, 3.63) is 18.2 Å². The van der Waals surface area contributed by atoms with Crippen molar-refractivity contribution in [1.29, 1.82) is 0 Å². The van der Waals surface area contributed by atoms with Gasteiger partial charge in [0.25, 0.3) is 6.43 Å². The number of nitrogens with one attached hydrogen (secondary N) is 1. The Morgan fingerprint density at radius 1 is 1.44 bits per heavy atom. The highest BCUT2D eigenvalue weighted by Crippen LogP contribution is 2.26. The molecular formula is C10H15F2N3O2S. The molecule has 8 heteroatoms. The van der Waals surface area contributed by atoms with Crippen LogP contribution in [0.3, 0.4) is 0 Å². The quantitative estimate of drug-likeness (QED) is 0.785. The Balaban J connectivity index is 3.28. The van der Waals surface area contributed by atoms with Crippen LogP contribution in [0.25, 0.3) is 0 Å². The normalized spacial score (nSPS) is 11.8. The van der Waals surface area contributed by atoms with Crippen molar-refractivity contribution < 1.29 is 17.2 Å². The minimum atomic E-state index is -3.75. The second-order valence-corrected chi connectivity index (χ2v) is 5.56. The van der Waals surface area contributed by atoms with Crippen molar-refractivity contribution in [3.8, 4) is 0 Å². The second kappa shape index (κ2) is 5.49. The number of halogens is 2. The van der Waals surface area contributed by atoms with Crippen LogP contribution < -0.4 is 15.4 Å². The van der Waals surface area contributed by atoms with Gasteiger partial charge in [-0.15, -0.1) is 0 Å². The minimum absolute atomic E-state index is 0.117. The molecule has 0 bridgehead atoms. The molecule has 3 N–H and O–H groups in total. The molecule has 1 rings (SSSR count). The third kappa shape index (κ3) is 3.30. The summed E-state index contributed by atoms with van der Waals surface area (Å²) in [4.78, 5) is 1.06. The molecule has 102 valence electrons. The summed E-state index contributed by atoms with van der Waals surface area (Å²) in [6.07, 6.45) is -2.56. The Bertz CT molecular complexity index is 520. The van der Waals surface area contributed by atoms with Crippen LogP contribution in [0.5, 0.6) is 0 Å². The van der Waals surface area contributed by atoms with Crippen LogP contribution in [0.2, 0.25) is 0 Å². The first-order valence-corrected chi connectivity index (χ1v) is 6.58. The van der Waals surface area contributed by atoms with E-state index in [2.05, 4.69) is 4.72 Å². The molecule has 0 amide bonds. The maximum Gasteiger partial charge on any atom is 0.255 e. The van der Waals surface area contributed by atoms with E-state index in [1.165, 1.54) is 37.2 Å². The highest BCUT2D eigenvalue weighted by Gasteiger charge is 2.20. The van der Waals surface area contributed by atoms with Crippen LogP contribution in [0.15, 0.2) is 23.1 Å². The van der Waals surface area contributed by atoms with Crippen LogP contribution in [0.4, 0.5) is 20.2 Å². The van der Waals surface area contributed by atoms with E-state index in [9.17, 15) is 17.2 Å². The number of nitrogen functional groups attached to an aromatic ring is 1.